The second-order valence-electron chi connectivity index (χ2n) is 13.9. The summed E-state index contributed by atoms with van der Waals surface area (Å²) < 4.78 is 76.3. The molecular formula is C43H32F3N9O10S2. The maximum atomic E-state index is 13.6. The molecule has 0 saturated heterocycles. The van der Waals surface area contributed by atoms with Gasteiger partial charge < -0.3 is 28.4 Å². The Kier molecular flexibility index (Phi) is 12.9. The first kappa shape index (κ1) is 45.3. The van der Waals surface area contributed by atoms with Crippen LogP contribution in [0, 0.1) is 6.92 Å². The molecule has 0 saturated carbocycles. The minimum absolute atomic E-state index is 0.0343. The number of hydrogen-bond acceptors (Lipinski definition) is 18. The van der Waals surface area contributed by atoms with Crippen LogP contribution in [0.5, 0.6) is 46.1 Å². The predicted molar refractivity (Wildman–Crippen MR) is 235 cm³/mol. The third kappa shape index (κ3) is 10.8. The molecule has 67 heavy (non-hydrogen) atoms. The van der Waals surface area contributed by atoms with Crippen LogP contribution in [0.2, 0.25) is 0 Å². The van der Waals surface area contributed by atoms with Crippen molar-refractivity contribution in [1.82, 2.24) is 34.7 Å². The quantitative estimate of drug-likeness (QED) is 0.0724. The van der Waals surface area contributed by atoms with Crippen molar-refractivity contribution in [2.45, 2.75) is 26.9 Å². The van der Waals surface area contributed by atoms with Gasteiger partial charge >= 0.3 is 18.1 Å². The number of alkyl halides is 3. The van der Waals surface area contributed by atoms with E-state index in [-0.39, 0.29) is 69.4 Å². The lowest BCUT2D eigenvalue weighted by atomic mass is 10.3. The van der Waals surface area contributed by atoms with E-state index in [1.54, 1.807) is 42.1 Å². The summed E-state index contributed by atoms with van der Waals surface area (Å²) in [6, 6.07) is 16.4. The number of benzene rings is 2. The number of nitrogens with one attached hydrogen (secondary N) is 2. The van der Waals surface area contributed by atoms with Crippen LogP contribution >= 0.6 is 22.7 Å². The number of amides is 2. The van der Waals surface area contributed by atoms with Crippen molar-refractivity contribution >= 4 is 77.1 Å². The zero-order valence-electron chi connectivity index (χ0n) is 35.2. The standard InChI is InChI=1S/C43H32F3N9O10S2/c1-21-17-34(55(4)54-21)65-25-6-8-28-32(19-25)67-42(51-28)53-40(59)36-38(63-23(3)57)30(11-14-49-36)61-16-15-60-29-10-13-48-35(37(29)62-22(2)56)39(58)52-41-50-27-7-5-24(18-31(27)66-41)64-26-9-12-47-33(20-26)43(44,45)46/h5-14,17-20H,15-16H2,1-4H3,(H,50,52,58)(H,51,53,59). The Hall–Kier alpha value is -8.25. The van der Waals surface area contributed by atoms with Gasteiger partial charge in [-0.15, -0.1) is 0 Å². The van der Waals surface area contributed by atoms with Gasteiger partial charge in [0.25, 0.3) is 11.8 Å². The molecule has 19 nitrogen and oxygen atoms in total. The number of fused-ring (bicyclic) bond motifs is 2. The van der Waals surface area contributed by atoms with Gasteiger partial charge in [0.15, 0.2) is 33.1 Å². The molecule has 2 N–H and O–H groups in total. The van der Waals surface area contributed by atoms with Gasteiger partial charge in [-0.2, -0.15) is 18.3 Å². The molecule has 2 aromatic carbocycles. The third-order valence-electron chi connectivity index (χ3n) is 8.86. The molecule has 0 aliphatic heterocycles. The molecule has 6 aromatic heterocycles. The summed E-state index contributed by atoms with van der Waals surface area (Å²) in [4.78, 5) is 71.9. The Balaban J connectivity index is 0.923. The van der Waals surface area contributed by atoms with Gasteiger partial charge in [-0.25, -0.2) is 24.6 Å². The summed E-state index contributed by atoms with van der Waals surface area (Å²) >= 11 is 2.21. The van der Waals surface area contributed by atoms with Crippen molar-refractivity contribution in [3.63, 3.8) is 0 Å². The molecule has 0 bridgehead atoms. The minimum Gasteiger partial charge on any atom is -0.486 e. The van der Waals surface area contributed by atoms with Gasteiger partial charge in [0, 0.05) is 75.9 Å². The first-order chi connectivity index (χ1) is 32.1. The Labute approximate surface area is 383 Å². The van der Waals surface area contributed by atoms with E-state index in [0.29, 0.717) is 32.1 Å². The first-order valence-electron chi connectivity index (χ1n) is 19.5. The molecule has 8 aromatic rings. The summed E-state index contributed by atoms with van der Waals surface area (Å²) in [6.45, 7) is 3.67. The van der Waals surface area contributed by atoms with Crippen LogP contribution in [-0.4, -0.2) is 71.7 Å². The van der Waals surface area contributed by atoms with E-state index in [1.165, 1.54) is 54.1 Å². The second-order valence-corrected chi connectivity index (χ2v) is 16.0. The van der Waals surface area contributed by atoms with Crippen LogP contribution in [-0.2, 0) is 22.8 Å². The Morgan fingerprint density at radius 1 is 0.657 bits per heavy atom. The highest BCUT2D eigenvalue weighted by molar-refractivity contribution is 7.22. The fourth-order valence-electron chi connectivity index (χ4n) is 6.13. The lowest BCUT2D eigenvalue weighted by molar-refractivity contribution is -0.141. The molecule has 0 radical (unpaired) electrons. The number of carbonyl (C=O) groups is 4. The lowest BCUT2D eigenvalue weighted by Gasteiger charge is -2.15. The van der Waals surface area contributed by atoms with E-state index in [2.05, 4.69) is 40.7 Å². The van der Waals surface area contributed by atoms with Gasteiger partial charge in [0.2, 0.25) is 17.4 Å². The summed E-state index contributed by atoms with van der Waals surface area (Å²) in [5, 5.41) is 9.93. The fraction of sp³-hybridized carbons (Fsp3) is 0.163. The number of hydrogen-bond donors (Lipinski definition) is 2. The highest BCUT2D eigenvalue weighted by atomic mass is 32.1. The molecule has 0 aliphatic rings. The van der Waals surface area contributed by atoms with Crippen molar-refractivity contribution in [3.8, 4) is 46.1 Å². The van der Waals surface area contributed by atoms with Gasteiger partial charge in [-0.3, -0.25) is 34.8 Å². The van der Waals surface area contributed by atoms with E-state index in [1.807, 2.05) is 6.92 Å². The number of ether oxygens (including phenoxy) is 6. The van der Waals surface area contributed by atoms with Gasteiger partial charge in [-0.05, 0) is 37.3 Å². The fourth-order valence-corrected chi connectivity index (χ4v) is 7.90. The molecule has 0 spiro atoms. The van der Waals surface area contributed by atoms with E-state index in [9.17, 15) is 32.3 Å². The summed E-state index contributed by atoms with van der Waals surface area (Å²) in [5.41, 5.74) is 0.0981. The Morgan fingerprint density at radius 3 is 1.63 bits per heavy atom. The van der Waals surface area contributed by atoms with Crippen molar-refractivity contribution < 1.29 is 60.8 Å². The maximum Gasteiger partial charge on any atom is 0.433 e. The van der Waals surface area contributed by atoms with Gasteiger partial charge in [0.05, 0.1) is 26.1 Å². The maximum absolute atomic E-state index is 13.6. The molecule has 8 rings (SSSR count). The average Bonchev–Trinajstić information content (AvgIpc) is 3.96. The van der Waals surface area contributed by atoms with Crippen molar-refractivity contribution in [3.05, 3.63) is 108 Å². The van der Waals surface area contributed by atoms with Gasteiger partial charge in [0.1, 0.15) is 36.2 Å². The van der Waals surface area contributed by atoms with Crippen molar-refractivity contribution in [2.24, 2.45) is 7.05 Å². The topological polar surface area (TPSA) is 230 Å². The van der Waals surface area contributed by atoms with Crippen LogP contribution in [0.3, 0.4) is 0 Å². The van der Waals surface area contributed by atoms with Gasteiger partial charge in [-0.1, -0.05) is 22.7 Å². The number of carbonyl (C=O) groups excluding carboxylic acids is 4. The van der Waals surface area contributed by atoms with E-state index in [0.717, 1.165) is 43.1 Å². The summed E-state index contributed by atoms with van der Waals surface area (Å²) in [7, 11) is 1.76. The van der Waals surface area contributed by atoms with Crippen LogP contribution in [0.15, 0.2) is 85.3 Å². The van der Waals surface area contributed by atoms with Crippen LogP contribution in [0.1, 0.15) is 46.2 Å². The third-order valence-corrected chi connectivity index (χ3v) is 10.7. The zero-order valence-corrected chi connectivity index (χ0v) is 36.8. The number of aryl methyl sites for hydroxylation is 2. The predicted octanol–water partition coefficient (Wildman–Crippen LogP) is 8.55. The van der Waals surface area contributed by atoms with E-state index in [4.69, 9.17) is 28.4 Å². The number of halogens is 3. The number of rotatable bonds is 15. The molecule has 0 fully saturated rings. The summed E-state index contributed by atoms with van der Waals surface area (Å²) in [5.74, 6) is -2.60. The number of pyridine rings is 3. The Bertz CT molecular complexity index is 3210. The van der Waals surface area contributed by atoms with Crippen LogP contribution < -0.4 is 39.1 Å². The van der Waals surface area contributed by atoms with Crippen molar-refractivity contribution in [1.29, 1.82) is 0 Å². The Morgan fingerprint density at radius 2 is 1.15 bits per heavy atom. The molecule has 24 heteroatoms. The second kappa shape index (κ2) is 19.1. The zero-order chi connectivity index (χ0) is 47.4. The average molecular weight is 956 g/mol. The highest BCUT2D eigenvalue weighted by Crippen LogP contribution is 2.37. The molecule has 0 unspecified atom stereocenters. The normalized spacial score (nSPS) is 11.3. The molecule has 342 valence electrons. The molecular weight excluding hydrogens is 924 g/mol. The van der Waals surface area contributed by atoms with E-state index < -0.39 is 35.6 Å². The molecule has 2 amide bonds. The highest BCUT2D eigenvalue weighted by Gasteiger charge is 2.33. The number of nitrogens with zero attached hydrogens (tertiary/aromatic N) is 7. The van der Waals surface area contributed by atoms with Crippen molar-refractivity contribution in [2.75, 3.05) is 23.8 Å². The lowest BCUT2D eigenvalue weighted by Crippen LogP contribution is -2.19. The molecule has 0 aliphatic carbocycles. The van der Waals surface area contributed by atoms with Crippen LogP contribution in [0.25, 0.3) is 20.4 Å². The molecule has 0 atom stereocenters. The van der Waals surface area contributed by atoms with Crippen LogP contribution in [0.4, 0.5) is 23.4 Å². The smallest absolute Gasteiger partial charge is 0.433 e. The number of thiazole rings is 2. The van der Waals surface area contributed by atoms with E-state index >= 15 is 0 Å². The SMILES string of the molecule is CC(=O)Oc1c(OCCOc2ccnc(C(=O)Nc3nc4ccc(Oc5cc(C)nn5C)cc4s3)c2OC(C)=O)ccnc1C(=O)Nc1nc2ccc(Oc3ccnc(C(F)(F)F)c3)cc2s1. The number of aromatic nitrogens is 7. The minimum atomic E-state index is -4.66. The monoisotopic (exact) mass is 955 g/mol. The number of anilines is 2. The first-order valence-corrected chi connectivity index (χ1v) is 21.1. The largest absolute Gasteiger partial charge is 0.486 e. The summed E-state index contributed by atoms with van der Waals surface area (Å²) in [6.07, 6.45) is -1.14. The molecule has 6 heterocycles. The number of esters is 2.